The van der Waals surface area contributed by atoms with Gasteiger partial charge in [-0.05, 0) is 51.0 Å². The number of aromatic nitrogens is 4. The topological polar surface area (TPSA) is 95.8 Å². The third kappa shape index (κ3) is 4.87. The van der Waals surface area contributed by atoms with Gasteiger partial charge in [-0.25, -0.2) is 0 Å². The maximum Gasteiger partial charge on any atom is 0.219 e. The summed E-state index contributed by atoms with van der Waals surface area (Å²) < 4.78 is 3.90. The molecule has 2 heterocycles. The first kappa shape index (κ1) is 22.9. The number of hydrogen-bond donors (Lipinski definition) is 1. The Morgan fingerprint density at radius 1 is 1.12 bits per heavy atom. The van der Waals surface area contributed by atoms with Crippen molar-refractivity contribution in [2.24, 2.45) is 5.73 Å². The largest absolute Gasteiger partial charge is 0.370 e. The van der Waals surface area contributed by atoms with Crippen molar-refractivity contribution in [3.05, 3.63) is 57.1 Å². The van der Waals surface area contributed by atoms with Crippen LogP contribution in [0.1, 0.15) is 52.8 Å². The summed E-state index contributed by atoms with van der Waals surface area (Å²) in [6.07, 6.45) is 2.35. The standard InChI is InChI=1S/C22H23Cl2N5O2S/c1-12-7-18(13(2)29(12)17-9-15(23)8-16(24)10-17)19(30)11-32-22-27-26-21(14-3-4-14)28(22)6-5-20(25)31/h7-10,14H,3-6,11H2,1-2H3,(H2,25,31). The van der Waals surface area contributed by atoms with Gasteiger partial charge < -0.3 is 14.9 Å². The molecule has 1 aliphatic carbocycles. The van der Waals surface area contributed by atoms with E-state index in [9.17, 15) is 9.59 Å². The predicted molar refractivity (Wildman–Crippen MR) is 126 cm³/mol. The first-order chi connectivity index (χ1) is 15.2. The lowest BCUT2D eigenvalue weighted by atomic mass is 10.2. The number of rotatable bonds is 9. The molecular formula is C22H23Cl2N5O2S. The second-order valence-electron chi connectivity index (χ2n) is 7.94. The zero-order valence-electron chi connectivity index (χ0n) is 17.8. The van der Waals surface area contributed by atoms with Gasteiger partial charge in [0.15, 0.2) is 10.9 Å². The molecule has 168 valence electrons. The molecule has 0 atom stereocenters. The quantitative estimate of drug-likeness (QED) is 0.345. The number of amides is 1. The van der Waals surface area contributed by atoms with E-state index in [1.165, 1.54) is 11.8 Å². The molecule has 0 spiro atoms. The van der Waals surface area contributed by atoms with Gasteiger partial charge in [0.1, 0.15) is 5.82 Å². The van der Waals surface area contributed by atoms with Crippen molar-refractivity contribution < 1.29 is 9.59 Å². The Bertz CT molecular complexity index is 1180. The number of ketones is 1. The molecule has 0 aliphatic heterocycles. The molecule has 1 saturated carbocycles. The van der Waals surface area contributed by atoms with Crippen molar-refractivity contribution in [2.45, 2.75) is 50.7 Å². The summed E-state index contributed by atoms with van der Waals surface area (Å²) in [5.41, 5.74) is 8.50. The van der Waals surface area contributed by atoms with Crippen molar-refractivity contribution in [1.82, 2.24) is 19.3 Å². The fraction of sp³-hybridized carbons (Fsp3) is 0.364. The van der Waals surface area contributed by atoms with Crippen LogP contribution in [0.3, 0.4) is 0 Å². The van der Waals surface area contributed by atoms with E-state index in [2.05, 4.69) is 10.2 Å². The lowest BCUT2D eigenvalue weighted by molar-refractivity contribution is -0.118. The van der Waals surface area contributed by atoms with Crippen molar-refractivity contribution in [3.8, 4) is 5.69 Å². The smallest absolute Gasteiger partial charge is 0.219 e. The normalized spacial score (nSPS) is 13.5. The number of carbonyl (C=O) groups is 2. The molecule has 2 aromatic heterocycles. The molecule has 0 saturated heterocycles. The van der Waals surface area contributed by atoms with Crippen LogP contribution >= 0.6 is 35.0 Å². The summed E-state index contributed by atoms with van der Waals surface area (Å²) in [6.45, 7) is 4.27. The van der Waals surface area contributed by atoms with Crippen LogP contribution in [0.15, 0.2) is 29.4 Å². The van der Waals surface area contributed by atoms with E-state index in [1.807, 2.05) is 41.2 Å². The molecule has 1 aliphatic rings. The summed E-state index contributed by atoms with van der Waals surface area (Å²) in [6, 6.07) is 7.18. The van der Waals surface area contributed by atoms with E-state index < -0.39 is 0 Å². The van der Waals surface area contributed by atoms with Crippen LogP contribution in [0.25, 0.3) is 5.69 Å². The van der Waals surface area contributed by atoms with Crippen molar-refractivity contribution in [2.75, 3.05) is 5.75 Å². The van der Waals surface area contributed by atoms with E-state index in [0.717, 1.165) is 35.7 Å². The molecular weight excluding hydrogens is 469 g/mol. The molecule has 32 heavy (non-hydrogen) atoms. The maximum absolute atomic E-state index is 13.1. The Balaban J connectivity index is 1.54. The van der Waals surface area contributed by atoms with Gasteiger partial charge in [-0.3, -0.25) is 9.59 Å². The molecule has 1 aromatic carbocycles. The number of aryl methyl sites for hydroxylation is 1. The summed E-state index contributed by atoms with van der Waals surface area (Å²) in [5, 5.41) is 10.3. The number of Topliss-reactive ketones (excluding diaryl/α,β-unsaturated/α-hetero) is 1. The summed E-state index contributed by atoms with van der Waals surface area (Å²) in [4.78, 5) is 24.4. The van der Waals surface area contributed by atoms with E-state index in [1.54, 1.807) is 6.07 Å². The molecule has 3 aromatic rings. The third-order valence-electron chi connectivity index (χ3n) is 5.44. The Morgan fingerprint density at radius 2 is 1.81 bits per heavy atom. The SMILES string of the molecule is Cc1cc(C(=O)CSc2nnc(C3CC3)n2CCC(N)=O)c(C)n1-c1cc(Cl)cc(Cl)c1. The summed E-state index contributed by atoms with van der Waals surface area (Å²) >= 11 is 13.7. The van der Waals surface area contributed by atoms with Crippen LogP contribution in [0.5, 0.6) is 0 Å². The minimum atomic E-state index is -0.374. The van der Waals surface area contributed by atoms with Gasteiger partial charge in [-0.1, -0.05) is 35.0 Å². The molecule has 7 nitrogen and oxygen atoms in total. The molecule has 0 unspecified atom stereocenters. The number of halogens is 2. The second-order valence-corrected chi connectivity index (χ2v) is 9.76. The van der Waals surface area contributed by atoms with Crippen LogP contribution in [0, 0.1) is 13.8 Å². The first-order valence-corrected chi connectivity index (χ1v) is 12.0. The fourth-order valence-electron chi connectivity index (χ4n) is 3.80. The second kappa shape index (κ2) is 9.29. The van der Waals surface area contributed by atoms with E-state index in [4.69, 9.17) is 28.9 Å². The number of hydrogen-bond acceptors (Lipinski definition) is 5. The highest BCUT2D eigenvalue weighted by Crippen LogP contribution is 2.40. The maximum atomic E-state index is 13.1. The average molecular weight is 492 g/mol. The van der Waals surface area contributed by atoms with Gasteiger partial charge in [-0.2, -0.15) is 0 Å². The van der Waals surface area contributed by atoms with E-state index >= 15 is 0 Å². The van der Waals surface area contributed by atoms with Gasteiger partial charge in [0.05, 0.1) is 5.75 Å². The molecule has 1 fully saturated rings. The number of carbonyl (C=O) groups excluding carboxylic acids is 2. The Labute approximate surface area is 200 Å². The number of nitrogens with zero attached hydrogens (tertiary/aromatic N) is 4. The molecule has 0 radical (unpaired) electrons. The lowest BCUT2D eigenvalue weighted by Crippen LogP contribution is -2.16. The highest BCUT2D eigenvalue weighted by atomic mass is 35.5. The number of thioether (sulfide) groups is 1. The predicted octanol–water partition coefficient (Wildman–Crippen LogP) is 4.72. The Morgan fingerprint density at radius 3 is 2.44 bits per heavy atom. The highest BCUT2D eigenvalue weighted by molar-refractivity contribution is 7.99. The van der Waals surface area contributed by atoms with Crippen molar-refractivity contribution in [1.29, 1.82) is 0 Å². The van der Waals surface area contributed by atoms with Gasteiger partial charge in [0.2, 0.25) is 5.91 Å². The molecule has 10 heteroatoms. The summed E-state index contributed by atoms with van der Waals surface area (Å²) in [5.74, 6) is 1.07. The van der Waals surface area contributed by atoms with Crippen LogP contribution in [-0.2, 0) is 11.3 Å². The van der Waals surface area contributed by atoms with Crippen LogP contribution < -0.4 is 5.73 Å². The molecule has 0 bridgehead atoms. The summed E-state index contributed by atoms with van der Waals surface area (Å²) in [7, 11) is 0. The van der Waals surface area contributed by atoms with E-state index in [-0.39, 0.29) is 23.9 Å². The fourth-order valence-corrected chi connectivity index (χ4v) is 5.17. The minimum Gasteiger partial charge on any atom is -0.370 e. The van der Waals surface area contributed by atoms with E-state index in [0.29, 0.717) is 33.2 Å². The van der Waals surface area contributed by atoms with Gasteiger partial charge in [0, 0.05) is 51.6 Å². The van der Waals surface area contributed by atoms with Crippen LogP contribution in [0.4, 0.5) is 0 Å². The van der Waals surface area contributed by atoms with Crippen molar-refractivity contribution in [3.63, 3.8) is 0 Å². The first-order valence-electron chi connectivity index (χ1n) is 10.3. The Hall–Kier alpha value is -2.29. The molecule has 1 amide bonds. The van der Waals surface area contributed by atoms with Gasteiger partial charge in [0.25, 0.3) is 0 Å². The molecule has 4 rings (SSSR count). The highest BCUT2D eigenvalue weighted by Gasteiger charge is 2.30. The van der Waals surface area contributed by atoms with Crippen LogP contribution in [-0.4, -0.2) is 36.8 Å². The number of nitrogens with two attached hydrogens (primary N) is 1. The van der Waals surface area contributed by atoms with Crippen LogP contribution in [0.2, 0.25) is 10.0 Å². The molecule has 2 N–H and O–H groups in total. The minimum absolute atomic E-state index is 0.0140. The van der Waals surface area contributed by atoms with Crippen molar-refractivity contribution >= 4 is 46.7 Å². The number of primary amides is 1. The number of benzene rings is 1. The lowest BCUT2D eigenvalue weighted by Gasteiger charge is -2.11. The third-order valence-corrected chi connectivity index (χ3v) is 6.84. The van der Waals surface area contributed by atoms with Gasteiger partial charge in [-0.15, -0.1) is 10.2 Å². The average Bonchev–Trinajstić information content (AvgIpc) is 3.40. The zero-order valence-corrected chi connectivity index (χ0v) is 20.1. The Kier molecular flexibility index (Phi) is 6.65. The zero-order chi connectivity index (χ0) is 23.0. The van der Waals surface area contributed by atoms with Gasteiger partial charge >= 0.3 is 0 Å². The monoisotopic (exact) mass is 491 g/mol.